The number of hydrogen-bond donors (Lipinski definition) is 1. The number of pyridine rings is 1. The summed E-state index contributed by atoms with van der Waals surface area (Å²) >= 11 is 0. The lowest BCUT2D eigenvalue weighted by atomic mass is 10.1. The number of nitrogens with one attached hydrogen (secondary N) is 1. The largest absolute Gasteiger partial charge is 0.416 e. The van der Waals surface area contributed by atoms with Crippen LogP contribution in [-0.4, -0.2) is 16.6 Å². The maximum absolute atomic E-state index is 12.6. The number of hydrogen-bond acceptors (Lipinski definition) is 3. The molecule has 25 heavy (non-hydrogen) atoms. The first-order valence-electron chi connectivity index (χ1n) is 7.61. The molecule has 1 amide bonds. The molecule has 7 heteroatoms. The van der Waals surface area contributed by atoms with Crippen molar-refractivity contribution < 1.29 is 22.7 Å². The zero-order valence-corrected chi connectivity index (χ0v) is 14.4. The molecule has 0 unspecified atom stereocenters. The lowest BCUT2D eigenvalue weighted by Gasteiger charge is -2.20. The average Bonchev–Trinajstić information content (AvgIpc) is 2.46. The number of aryl methyl sites for hydroxylation is 1. The van der Waals surface area contributed by atoms with E-state index < -0.39 is 23.4 Å². The quantitative estimate of drug-likeness (QED) is 0.831. The van der Waals surface area contributed by atoms with Crippen LogP contribution < -0.4 is 10.1 Å². The summed E-state index contributed by atoms with van der Waals surface area (Å²) in [6.07, 6.45) is -4.97. The van der Waals surface area contributed by atoms with Gasteiger partial charge in [0.2, 0.25) is 0 Å². The van der Waals surface area contributed by atoms with Crippen molar-refractivity contribution in [3.8, 4) is 17.0 Å². The molecule has 0 saturated carbocycles. The first kappa shape index (κ1) is 18.8. The van der Waals surface area contributed by atoms with Crippen molar-refractivity contribution in [2.24, 2.45) is 0 Å². The molecule has 1 N–H and O–H groups in total. The molecule has 2 aromatic rings. The molecule has 134 valence electrons. The lowest BCUT2D eigenvalue weighted by Crippen LogP contribution is -2.42. The summed E-state index contributed by atoms with van der Waals surface area (Å²) in [5.74, 6) is 0.289. The molecule has 0 radical (unpaired) electrons. The standard InChI is InChI=1S/C18H19F3N2O2/c1-11-15(25-16(24)23-17(2,3)4)10-9-14(22-11)12-5-7-13(8-6-12)18(19,20)21/h5-10H,1-4H3,(H,23,24). The molecular weight excluding hydrogens is 333 g/mol. The van der Waals surface area contributed by atoms with Crippen LogP contribution in [0.5, 0.6) is 5.75 Å². The molecule has 1 aromatic heterocycles. The smallest absolute Gasteiger partial charge is 0.408 e. The minimum atomic E-state index is -4.38. The summed E-state index contributed by atoms with van der Waals surface area (Å²) in [5, 5.41) is 2.67. The van der Waals surface area contributed by atoms with Crippen LogP contribution in [0.3, 0.4) is 0 Å². The molecule has 4 nitrogen and oxygen atoms in total. The minimum Gasteiger partial charge on any atom is -0.408 e. The van der Waals surface area contributed by atoms with E-state index in [-0.39, 0.29) is 5.75 Å². The third-order valence-corrected chi connectivity index (χ3v) is 3.23. The van der Waals surface area contributed by atoms with E-state index in [1.54, 1.807) is 19.1 Å². The van der Waals surface area contributed by atoms with E-state index in [0.29, 0.717) is 17.0 Å². The molecular formula is C18H19F3N2O2. The fourth-order valence-corrected chi connectivity index (χ4v) is 2.08. The fourth-order valence-electron chi connectivity index (χ4n) is 2.08. The second-order valence-electron chi connectivity index (χ2n) is 6.62. The Kier molecular flexibility index (Phi) is 5.06. The van der Waals surface area contributed by atoms with Gasteiger partial charge in [0.25, 0.3) is 0 Å². The van der Waals surface area contributed by atoms with Gasteiger partial charge in [-0.1, -0.05) is 12.1 Å². The Labute approximate surface area is 144 Å². The maximum Gasteiger partial charge on any atom is 0.416 e. The van der Waals surface area contributed by atoms with Crippen molar-refractivity contribution in [2.45, 2.75) is 39.4 Å². The van der Waals surface area contributed by atoms with Gasteiger partial charge in [0.15, 0.2) is 5.75 Å². The van der Waals surface area contributed by atoms with E-state index in [9.17, 15) is 18.0 Å². The van der Waals surface area contributed by atoms with E-state index in [2.05, 4.69) is 10.3 Å². The fraction of sp³-hybridized carbons (Fsp3) is 0.333. The van der Waals surface area contributed by atoms with E-state index in [4.69, 9.17) is 4.74 Å². The number of carbonyl (C=O) groups is 1. The second-order valence-corrected chi connectivity index (χ2v) is 6.62. The van der Waals surface area contributed by atoms with Crippen LogP contribution in [-0.2, 0) is 6.18 Å². The maximum atomic E-state index is 12.6. The number of alkyl halides is 3. The third-order valence-electron chi connectivity index (χ3n) is 3.23. The van der Waals surface area contributed by atoms with Crippen molar-refractivity contribution in [3.63, 3.8) is 0 Å². The summed E-state index contributed by atoms with van der Waals surface area (Å²) in [7, 11) is 0. The van der Waals surface area contributed by atoms with Crippen LogP contribution in [0, 0.1) is 6.92 Å². The molecule has 0 aliphatic heterocycles. The highest BCUT2D eigenvalue weighted by Gasteiger charge is 2.30. The molecule has 0 spiro atoms. The van der Waals surface area contributed by atoms with Crippen LogP contribution in [0.4, 0.5) is 18.0 Å². The molecule has 0 bridgehead atoms. The van der Waals surface area contributed by atoms with Crippen LogP contribution in [0.1, 0.15) is 32.0 Å². The molecule has 0 aliphatic rings. The van der Waals surface area contributed by atoms with Crippen molar-refractivity contribution in [3.05, 3.63) is 47.7 Å². The SMILES string of the molecule is Cc1nc(-c2ccc(C(F)(F)F)cc2)ccc1OC(=O)NC(C)(C)C. The van der Waals surface area contributed by atoms with Gasteiger partial charge in [-0.05, 0) is 52.0 Å². The molecule has 0 saturated heterocycles. The number of benzene rings is 1. The second kappa shape index (κ2) is 6.74. The van der Waals surface area contributed by atoms with Gasteiger partial charge in [-0.3, -0.25) is 0 Å². The number of halogens is 3. The van der Waals surface area contributed by atoms with Gasteiger partial charge in [0.1, 0.15) is 0 Å². The molecule has 1 aromatic carbocycles. The van der Waals surface area contributed by atoms with Crippen LogP contribution in [0.2, 0.25) is 0 Å². The highest BCUT2D eigenvalue weighted by molar-refractivity contribution is 5.72. The van der Waals surface area contributed by atoms with Gasteiger partial charge in [0.05, 0.1) is 17.0 Å². The van der Waals surface area contributed by atoms with Gasteiger partial charge in [-0.25, -0.2) is 9.78 Å². The Hall–Kier alpha value is -2.57. The Morgan fingerprint density at radius 2 is 1.64 bits per heavy atom. The highest BCUT2D eigenvalue weighted by atomic mass is 19.4. The normalized spacial score (nSPS) is 12.0. The molecule has 0 aliphatic carbocycles. The number of amides is 1. The van der Waals surface area contributed by atoms with Crippen LogP contribution >= 0.6 is 0 Å². The van der Waals surface area contributed by atoms with Gasteiger partial charge in [-0.2, -0.15) is 13.2 Å². The number of carbonyl (C=O) groups excluding carboxylic acids is 1. The first-order chi connectivity index (χ1) is 11.5. The van der Waals surface area contributed by atoms with E-state index in [1.807, 2.05) is 20.8 Å². The number of ether oxygens (including phenoxy) is 1. The minimum absolute atomic E-state index is 0.289. The van der Waals surface area contributed by atoms with E-state index in [0.717, 1.165) is 12.1 Å². The number of nitrogens with zero attached hydrogens (tertiary/aromatic N) is 1. The van der Waals surface area contributed by atoms with Crippen molar-refractivity contribution >= 4 is 6.09 Å². The Morgan fingerprint density at radius 3 is 2.12 bits per heavy atom. The number of aromatic nitrogens is 1. The Balaban J connectivity index is 2.18. The first-order valence-corrected chi connectivity index (χ1v) is 7.61. The average molecular weight is 352 g/mol. The van der Waals surface area contributed by atoms with Gasteiger partial charge >= 0.3 is 12.3 Å². The van der Waals surface area contributed by atoms with Gasteiger partial charge < -0.3 is 10.1 Å². The molecule has 0 atom stereocenters. The Morgan fingerprint density at radius 1 is 1.04 bits per heavy atom. The summed E-state index contributed by atoms with van der Waals surface area (Å²) in [6.45, 7) is 7.14. The predicted octanol–water partition coefficient (Wildman–Crippen LogP) is 4.96. The summed E-state index contributed by atoms with van der Waals surface area (Å²) in [5.41, 5.74) is 0.350. The monoisotopic (exact) mass is 352 g/mol. The van der Waals surface area contributed by atoms with Gasteiger partial charge in [0, 0.05) is 11.1 Å². The summed E-state index contributed by atoms with van der Waals surface area (Å²) in [6, 6.07) is 7.89. The van der Waals surface area contributed by atoms with E-state index in [1.165, 1.54) is 12.1 Å². The zero-order valence-electron chi connectivity index (χ0n) is 14.4. The number of rotatable bonds is 2. The zero-order chi connectivity index (χ0) is 18.8. The van der Waals surface area contributed by atoms with Crippen molar-refractivity contribution in [1.29, 1.82) is 0 Å². The van der Waals surface area contributed by atoms with Gasteiger partial charge in [-0.15, -0.1) is 0 Å². The third kappa shape index (κ3) is 5.20. The Bertz CT molecular complexity index is 763. The van der Waals surface area contributed by atoms with E-state index >= 15 is 0 Å². The lowest BCUT2D eigenvalue weighted by molar-refractivity contribution is -0.137. The highest BCUT2D eigenvalue weighted by Crippen LogP contribution is 2.31. The molecule has 0 fully saturated rings. The van der Waals surface area contributed by atoms with Crippen LogP contribution in [0.15, 0.2) is 36.4 Å². The van der Waals surface area contributed by atoms with Crippen LogP contribution in [0.25, 0.3) is 11.3 Å². The molecule has 2 rings (SSSR count). The topological polar surface area (TPSA) is 51.2 Å². The summed E-state index contributed by atoms with van der Waals surface area (Å²) in [4.78, 5) is 16.1. The predicted molar refractivity (Wildman–Crippen MR) is 88.3 cm³/mol. The van der Waals surface area contributed by atoms with Crippen molar-refractivity contribution in [1.82, 2.24) is 10.3 Å². The van der Waals surface area contributed by atoms with Crippen molar-refractivity contribution in [2.75, 3.05) is 0 Å². The summed E-state index contributed by atoms with van der Waals surface area (Å²) < 4.78 is 43.0. The molecule has 1 heterocycles.